The molecule has 0 saturated heterocycles. The van der Waals surface area contributed by atoms with Crippen molar-refractivity contribution in [2.75, 3.05) is 0 Å². The Labute approximate surface area is 73.7 Å². The second kappa shape index (κ2) is 3.70. The molecular weight excluding hydrogens is 158 g/mol. The molecule has 0 fully saturated rings. The maximum atomic E-state index is 9.50. The van der Waals surface area contributed by atoms with Gasteiger partial charge in [0.15, 0.2) is 0 Å². The van der Waals surface area contributed by atoms with Crippen LogP contribution in [0.3, 0.4) is 0 Å². The standard InChI is InChI=1S/C8H19NO3/c1-6(9)11-8(5,10)12-7(2,3)4/h6,10H,9H2,1-5H3. The van der Waals surface area contributed by atoms with E-state index in [4.69, 9.17) is 15.2 Å². The van der Waals surface area contributed by atoms with Crippen LogP contribution in [0.15, 0.2) is 0 Å². The molecule has 0 radical (unpaired) electrons. The van der Waals surface area contributed by atoms with E-state index in [-0.39, 0.29) is 0 Å². The van der Waals surface area contributed by atoms with E-state index in [1.165, 1.54) is 6.92 Å². The van der Waals surface area contributed by atoms with Gasteiger partial charge in [0.05, 0.1) is 5.60 Å². The van der Waals surface area contributed by atoms with E-state index in [2.05, 4.69) is 0 Å². The Kier molecular flexibility index (Phi) is 3.65. The lowest BCUT2D eigenvalue weighted by molar-refractivity contribution is -0.388. The molecule has 0 aliphatic heterocycles. The molecule has 12 heavy (non-hydrogen) atoms. The van der Waals surface area contributed by atoms with Gasteiger partial charge in [0.1, 0.15) is 6.23 Å². The number of hydrogen-bond acceptors (Lipinski definition) is 4. The highest BCUT2D eigenvalue weighted by atomic mass is 16.8. The van der Waals surface area contributed by atoms with E-state index in [0.29, 0.717) is 0 Å². The van der Waals surface area contributed by atoms with Crippen LogP contribution in [0.25, 0.3) is 0 Å². The van der Waals surface area contributed by atoms with E-state index in [1.54, 1.807) is 6.92 Å². The predicted octanol–water partition coefficient (Wildman–Crippen LogP) is 0.789. The van der Waals surface area contributed by atoms with Crippen LogP contribution in [0.5, 0.6) is 0 Å². The normalized spacial score (nSPS) is 20.2. The minimum absolute atomic E-state index is 0.460. The van der Waals surface area contributed by atoms with Crippen molar-refractivity contribution in [3.63, 3.8) is 0 Å². The zero-order chi connectivity index (χ0) is 9.99. The summed E-state index contributed by atoms with van der Waals surface area (Å²) in [6.45, 7) is 8.52. The van der Waals surface area contributed by atoms with Crippen molar-refractivity contribution in [3.05, 3.63) is 0 Å². The Hall–Kier alpha value is -0.160. The van der Waals surface area contributed by atoms with Crippen molar-refractivity contribution in [2.24, 2.45) is 5.73 Å². The van der Waals surface area contributed by atoms with Gasteiger partial charge >= 0.3 is 0 Å². The van der Waals surface area contributed by atoms with E-state index < -0.39 is 17.8 Å². The molecule has 0 aromatic heterocycles. The highest BCUT2D eigenvalue weighted by molar-refractivity contribution is 4.62. The number of rotatable bonds is 3. The lowest BCUT2D eigenvalue weighted by atomic mass is 10.2. The molecule has 2 atom stereocenters. The average molecular weight is 177 g/mol. The summed E-state index contributed by atoms with van der Waals surface area (Å²) in [6, 6.07) is 0. The van der Waals surface area contributed by atoms with E-state index in [1.807, 2.05) is 20.8 Å². The average Bonchev–Trinajstić information content (AvgIpc) is 1.48. The second-order valence-corrected chi connectivity index (χ2v) is 3.94. The fourth-order valence-electron chi connectivity index (χ4n) is 0.937. The molecule has 74 valence electrons. The smallest absolute Gasteiger partial charge is 0.279 e. The summed E-state index contributed by atoms with van der Waals surface area (Å²) in [6.07, 6.45) is -0.553. The van der Waals surface area contributed by atoms with Gasteiger partial charge in [-0.3, -0.25) is 0 Å². The largest absolute Gasteiger partial charge is 0.343 e. The van der Waals surface area contributed by atoms with E-state index in [9.17, 15) is 5.11 Å². The Morgan fingerprint density at radius 1 is 1.25 bits per heavy atom. The molecule has 0 aliphatic rings. The quantitative estimate of drug-likeness (QED) is 0.625. The molecule has 4 nitrogen and oxygen atoms in total. The van der Waals surface area contributed by atoms with E-state index in [0.717, 1.165) is 0 Å². The third kappa shape index (κ3) is 6.54. The zero-order valence-corrected chi connectivity index (χ0v) is 8.42. The first-order chi connectivity index (χ1) is 5.12. The summed E-state index contributed by atoms with van der Waals surface area (Å²) in [5.41, 5.74) is 4.88. The van der Waals surface area contributed by atoms with Gasteiger partial charge in [-0.05, 0) is 27.7 Å². The molecule has 0 rings (SSSR count). The van der Waals surface area contributed by atoms with Gasteiger partial charge in [-0.15, -0.1) is 0 Å². The monoisotopic (exact) mass is 177 g/mol. The first-order valence-corrected chi connectivity index (χ1v) is 3.98. The first-order valence-electron chi connectivity index (χ1n) is 3.98. The van der Waals surface area contributed by atoms with Gasteiger partial charge < -0.3 is 20.3 Å². The van der Waals surface area contributed by atoms with Crippen LogP contribution in [0.1, 0.15) is 34.6 Å². The summed E-state index contributed by atoms with van der Waals surface area (Å²) in [5.74, 6) is -1.62. The molecular formula is C8H19NO3. The lowest BCUT2D eigenvalue weighted by Gasteiger charge is -2.32. The van der Waals surface area contributed by atoms with Crippen molar-refractivity contribution in [3.8, 4) is 0 Å². The summed E-state index contributed by atoms with van der Waals surface area (Å²) in [7, 11) is 0. The third-order valence-corrected chi connectivity index (χ3v) is 0.900. The molecule has 0 bridgehead atoms. The second-order valence-electron chi connectivity index (χ2n) is 3.94. The highest BCUT2D eigenvalue weighted by Gasteiger charge is 2.29. The van der Waals surface area contributed by atoms with Gasteiger partial charge in [-0.25, -0.2) is 0 Å². The number of aliphatic hydroxyl groups is 1. The van der Waals surface area contributed by atoms with Gasteiger partial charge in [0, 0.05) is 6.92 Å². The van der Waals surface area contributed by atoms with E-state index >= 15 is 0 Å². The SMILES string of the molecule is CC(N)OC(C)(O)OC(C)(C)C. The minimum atomic E-state index is -1.62. The Balaban J connectivity index is 4.04. The Morgan fingerprint density at radius 2 is 1.67 bits per heavy atom. The fourth-order valence-corrected chi connectivity index (χ4v) is 0.937. The molecule has 0 spiro atoms. The minimum Gasteiger partial charge on any atom is -0.343 e. The first kappa shape index (κ1) is 11.8. The van der Waals surface area contributed by atoms with Gasteiger partial charge in [0.25, 0.3) is 5.97 Å². The van der Waals surface area contributed by atoms with Crippen LogP contribution in [0.2, 0.25) is 0 Å². The van der Waals surface area contributed by atoms with Crippen molar-refractivity contribution < 1.29 is 14.6 Å². The fraction of sp³-hybridized carbons (Fsp3) is 1.00. The van der Waals surface area contributed by atoms with Gasteiger partial charge in [-0.2, -0.15) is 0 Å². The predicted molar refractivity (Wildman–Crippen MR) is 46.2 cm³/mol. The molecule has 4 heteroatoms. The van der Waals surface area contributed by atoms with Crippen molar-refractivity contribution in [2.45, 2.75) is 52.4 Å². The number of nitrogens with two attached hydrogens (primary N) is 1. The summed E-state index contributed by atoms with van der Waals surface area (Å²) in [5, 5.41) is 9.50. The van der Waals surface area contributed by atoms with Crippen molar-refractivity contribution >= 4 is 0 Å². The number of ether oxygens (including phenoxy) is 2. The molecule has 0 saturated carbocycles. The summed E-state index contributed by atoms with van der Waals surface area (Å²) in [4.78, 5) is 0. The topological polar surface area (TPSA) is 64.7 Å². The molecule has 2 unspecified atom stereocenters. The summed E-state index contributed by atoms with van der Waals surface area (Å²) >= 11 is 0. The highest BCUT2D eigenvalue weighted by Crippen LogP contribution is 2.19. The summed E-state index contributed by atoms with van der Waals surface area (Å²) < 4.78 is 10.1. The van der Waals surface area contributed by atoms with Crippen LogP contribution < -0.4 is 5.73 Å². The molecule has 3 N–H and O–H groups in total. The van der Waals surface area contributed by atoms with Crippen LogP contribution in [0.4, 0.5) is 0 Å². The van der Waals surface area contributed by atoms with Crippen LogP contribution >= 0.6 is 0 Å². The van der Waals surface area contributed by atoms with Crippen molar-refractivity contribution in [1.82, 2.24) is 0 Å². The van der Waals surface area contributed by atoms with Gasteiger partial charge in [-0.1, -0.05) is 0 Å². The molecule has 0 aliphatic carbocycles. The number of hydrogen-bond donors (Lipinski definition) is 2. The maximum Gasteiger partial charge on any atom is 0.279 e. The van der Waals surface area contributed by atoms with Gasteiger partial charge in [0.2, 0.25) is 0 Å². The lowest BCUT2D eigenvalue weighted by Crippen LogP contribution is -2.43. The zero-order valence-electron chi connectivity index (χ0n) is 8.42. The molecule has 0 aromatic carbocycles. The third-order valence-electron chi connectivity index (χ3n) is 0.900. The maximum absolute atomic E-state index is 9.50. The van der Waals surface area contributed by atoms with Crippen LogP contribution in [-0.2, 0) is 9.47 Å². The van der Waals surface area contributed by atoms with Crippen molar-refractivity contribution in [1.29, 1.82) is 0 Å². The molecule has 0 heterocycles. The van der Waals surface area contributed by atoms with Crippen LogP contribution in [0, 0.1) is 0 Å². The molecule has 0 amide bonds. The van der Waals surface area contributed by atoms with Crippen LogP contribution in [-0.4, -0.2) is 22.9 Å². The Morgan fingerprint density at radius 3 is 1.92 bits per heavy atom. The molecule has 0 aromatic rings. The Bertz CT molecular complexity index is 138.